The number of carboxylic acids is 3. The van der Waals surface area contributed by atoms with E-state index in [0.29, 0.717) is 5.56 Å². The summed E-state index contributed by atoms with van der Waals surface area (Å²) < 4.78 is 0. The molecule has 414 valence electrons. The summed E-state index contributed by atoms with van der Waals surface area (Å²) in [7, 11) is 0. The summed E-state index contributed by atoms with van der Waals surface area (Å²) in [6, 6.07) is -4.90. The van der Waals surface area contributed by atoms with Gasteiger partial charge in [-0.05, 0) is 62.3 Å². The molecule has 74 heavy (non-hydrogen) atoms. The van der Waals surface area contributed by atoms with Gasteiger partial charge in [0.2, 0.25) is 47.3 Å². The van der Waals surface area contributed by atoms with Gasteiger partial charge in [0, 0.05) is 19.4 Å². The van der Waals surface area contributed by atoms with Crippen LogP contribution in [0.2, 0.25) is 0 Å². The van der Waals surface area contributed by atoms with Crippen molar-refractivity contribution in [3.05, 3.63) is 35.9 Å². The van der Waals surface area contributed by atoms with Gasteiger partial charge in [-0.3, -0.25) is 53.4 Å². The van der Waals surface area contributed by atoms with Crippen LogP contribution in [0, 0.1) is 23.2 Å². The van der Waals surface area contributed by atoms with Gasteiger partial charge in [-0.15, -0.1) is 0 Å². The van der Waals surface area contributed by atoms with Crippen LogP contribution in [-0.4, -0.2) is 159 Å². The van der Waals surface area contributed by atoms with Crippen molar-refractivity contribution in [2.24, 2.45) is 29.2 Å². The van der Waals surface area contributed by atoms with E-state index in [1.807, 2.05) is 0 Å². The van der Waals surface area contributed by atoms with Crippen LogP contribution in [0.5, 0.6) is 0 Å². The third kappa shape index (κ3) is 24.8. The maximum absolute atomic E-state index is 14.2. The zero-order chi connectivity index (χ0) is 56.4. The van der Waals surface area contributed by atoms with Gasteiger partial charge in [0.15, 0.2) is 5.96 Å². The molecule has 0 heterocycles. The molecule has 0 fully saturated rings. The van der Waals surface area contributed by atoms with Gasteiger partial charge < -0.3 is 79.7 Å². The van der Waals surface area contributed by atoms with Crippen molar-refractivity contribution >= 4 is 71.1 Å². The standard InChI is InChI=1S/C47H76N12O15/c1-23(2)18-30(41(68)52-28(14-11-17-51-47(49)50)40(67)59-37(25(5)6)45(72)57-31(19-24(3)4)42(69)58-34(22-60)46(73)74)55-44(71)33(21-36(63)64)56-39(66)29(15-16-35(61)62)53-43(70)32(54-38(65)26(7)48)20-27-12-9-8-10-13-27/h8-10,12-13,23-26,28-34,37,60H,11,14-22,48H2,1-7H3,(H,52,68)(H,53,70)(H,54,65)(H,55,71)(H,56,66)(H,57,72)(H,58,69)(H,59,67)(H,61,62)(H,63,64)(H,73,74)(H4,49,50,51). The number of carbonyl (C=O) groups excluding carboxylic acids is 8. The van der Waals surface area contributed by atoms with Gasteiger partial charge in [-0.2, -0.15) is 0 Å². The van der Waals surface area contributed by atoms with Crippen molar-refractivity contribution in [3.8, 4) is 0 Å². The summed E-state index contributed by atoms with van der Waals surface area (Å²) in [6.07, 6.45) is -2.52. The SMILES string of the molecule is CC(C)CC(NC(=O)C(CC(=O)O)NC(=O)C(CCC(=O)O)NC(=O)C(Cc1ccccc1)NC(=O)C(C)N)C(=O)NC(CCCNC(=N)N)C(=O)NC(C(=O)NC(CC(C)C)C(=O)NC(CO)C(=O)O)C(C)C. The Bertz CT molecular complexity index is 2110. The summed E-state index contributed by atoms with van der Waals surface area (Å²) in [5.74, 6) is -13.8. The van der Waals surface area contributed by atoms with Crippen LogP contribution in [0.1, 0.15) is 99.0 Å². The number of carbonyl (C=O) groups is 11. The van der Waals surface area contributed by atoms with Gasteiger partial charge in [-0.1, -0.05) is 71.9 Å². The average Bonchev–Trinajstić information content (AvgIpc) is 3.30. The number of hydrogen-bond acceptors (Lipinski definition) is 14. The normalized spacial score (nSPS) is 14.8. The molecule has 8 amide bonds. The molecule has 0 bridgehead atoms. The lowest BCUT2D eigenvalue weighted by atomic mass is 9.98. The fourth-order valence-corrected chi connectivity index (χ4v) is 7.08. The number of hydrogen-bond donors (Lipinski definition) is 16. The number of carboxylic acid groups (broad SMARTS) is 3. The number of aliphatic carboxylic acids is 3. The third-order valence-electron chi connectivity index (χ3n) is 11.0. The Kier molecular flexibility index (Phi) is 28.5. The van der Waals surface area contributed by atoms with Crippen LogP contribution in [0.3, 0.4) is 0 Å². The molecule has 0 aromatic heterocycles. The number of nitrogens with two attached hydrogens (primary N) is 2. The van der Waals surface area contributed by atoms with Crippen molar-refractivity contribution in [1.82, 2.24) is 47.9 Å². The first kappa shape index (κ1) is 64.6. The van der Waals surface area contributed by atoms with Crippen molar-refractivity contribution in [3.63, 3.8) is 0 Å². The first-order valence-electron chi connectivity index (χ1n) is 24.1. The summed E-state index contributed by atoms with van der Waals surface area (Å²) in [5.41, 5.74) is 11.7. The van der Waals surface area contributed by atoms with Crippen molar-refractivity contribution in [1.29, 1.82) is 5.41 Å². The molecule has 1 rings (SSSR count). The van der Waals surface area contributed by atoms with Crippen LogP contribution < -0.4 is 59.3 Å². The predicted molar refractivity (Wildman–Crippen MR) is 266 cm³/mol. The van der Waals surface area contributed by atoms with Crippen LogP contribution in [0.15, 0.2) is 30.3 Å². The Labute approximate surface area is 429 Å². The van der Waals surface area contributed by atoms with Crippen LogP contribution >= 0.6 is 0 Å². The van der Waals surface area contributed by atoms with E-state index < -0.39 is 157 Å². The quantitative estimate of drug-likeness (QED) is 0.0184. The molecule has 0 spiro atoms. The molecular weight excluding hydrogens is 973 g/mol. The minimum Gasteiger partial charge on any atom is -0.481 e. The van der Waals surface area contributed by atoms with E-state index >= 15 is 0 Å². The molecule has 9 atom stereocenters. The van der Waals surface area contributed by atoms with Gasteiger partial charge in [-0.25, -0.2) is 4.79 Å². The van der Waals surface area contributed by atoms with Crippen molar-refractivity contribution < 1.29 is 73.2 Å². The van der Waals surface area contributed by atoms with Gasteiger partial charge in [0.25, 0.3) is 0 Å². The van der Waals surface area contributed by atoms with E-state index in [0.717, 1.165) is 0 Å². The van der Waals surface area contributed by atoms with Crippen LogP contribution in [-0.2, 0) is 59.2 Å². The largest absolute Gasteiger partial charge is 0.481 e. The zero-order valence-electron chi connectivity index (χ0n) is 42.8. The van der Waals surface area contributed by atoms with E-state index in [1.54, 1.807) is 71.9 Å². The average molecular weight is 1050 g/mol. The second-order valence-electron chi connectivity index (χ2n) is 18.9. The number of nitrogens with one attached hydrogen (secondary N) is 10. The fraction of sp³-hybridized carbons (Fsp3) is 0.617. The Balaban J connectivity index is 3.54. The Morgan fingerprint density at radius 2 is 0.973 bits per heavy atom. The number of rotatable bonds is 34. The van der Waals surface area contributed by atoms with E-state index in [9.17, 15) is 73.2 Å². The highest BCUT2D eigenvalue weighted by molar-refractivity contribution is 5.99. The molecule has 27 nitrogen and oxygen atoms in total. The summed E-state index contributed by atoms with van der Waals surface area (Å²) in [4.78, 5) is 145. The molecule has 0 aliphatic heterocycles. The van der Waals surface area contributed by atoms with E-state index in [2.05, 4.69) is 47.9 Å². The third-order valence-corrected chi connectivity index (χ3v) is 11.0. The summed E-state index contributed by atoms with van der Waals surface area (Å²) in [5, 5.41) is 67.6. The Morgan fingerprint density at radius 3 is 1.43 bits per heavy atom. The lowest BCUT2D eigenvalue weighted by molar-refractivity contribution is -0.143. The first-order chi connectivity index (χ1) is 34.6. The number of amides is 8. The van der Waals surface area contributed by atoms with E-state index in [1.165, 1.54) is 6.92 Å². The van der Waals surface area contributed by atoms with Crippen LogP contribution in [0.4, 0.5) is 0 Å². The molecular formula is C47H76N12O15. The zero-order valence-corrected chi connectivity index (χ0v) is 42.8. The van der Waals surface area contributed by atoms with Crippen molar-refractivity contribution in [2.45, 2.75) is 154 Å². The number of benzene rings is 1. The minimum absolute atomic E-state index is 0.0311. The van der Waals surface area contributed by atoms with E-state index in [-0.39, 0.29) is 50.5 Å². The summed E-state index contributed by atoms with van der Waals surface area (Å²) in [6.45, 7) is 10.5. The second-order valence-corrected chi connectivity index (χ2v) is 18.9. The maximum atomic E-state index is 14.2. The highest BCUT2D eigenvalue weighted by atomic mass is 16.4. The molecule has 27 heteroatoms. The fourth-order valence-electron chi connectivity index (χ4n) is 7.08. The highest BCUT2D eigenvalue weighted by Crippen LogP contribution is 2.13. The van der Waals surface area contributed by atoms with Gasteiger partial charge >= 0.3 is 17.9 Å². The lowest BCUT2D eigenvalue weighted by Gasteiger charge is -2.29. The molecule has 1 aromatic rings. The van der Waals surface area contributed by atoms with Crippen LogP contribution in [0.25, 0.3) is 0 Å². The number of aliphatic hydroxyl groups is 1. The monoisotopic (exact) mass is 1050 g/mol. The Hall–Kier alpha value is -7.42. The highest BCUT2D eigenvalue weighted by Gasteiger charge is 2.36. The molecule has 0 aliphatic rings. The minimum atomic E-state index is -1.94. The maximum Gasteiger partial charge on any atom is 0.328 e. The Morgan fingerprint density at radius 1 is 0.541 bits per heavy atom. The molecule has 9 unspecified atom stereocenters. The van der Waals surface area contributed by atoms with Gasteiger partial charge in [0.05, 0.1) is 19.1 Å². The molecule has 0 saturated carbocycles. The topological polar surface area (TPSA) is 453 Å². The molecule has 0 saturated heterocycles. The smallest absolute Gasteiger partial charge is 0.328 e. The van der Waals surface area contributed by atoms with Crippen molar-refractivity contribution in [2.75, 3.05) is 13.2 Å². The number of guanidine groups is 1. The number of aliphatic hydroxyl groups excluding tert-OH is 1. The second kappa shape index (κ2) is 32.6. The first-order valence-corrected chi connectivity index (χ1v) is 24.1. The molecule has 0 radical (unpaired) electrons. The summed E-state index contributed by atoms with van der Waals surface area (Å²) >= 11 is 0. The van der Waals surface area contributed by atoms with Gasteiger partial charge in [0.1, 0.15) is 48.3 Å². The lowest BCUT2D eigenvalue weighted by Crippen LogP contribution is -2.61. The molecule has 0 aliphatic carbocycles. The molecule has 1 aromatic carbocycles. The molecule has 18 N–H and O–H groups in total. The predicted octanol–water partition coefficient (Wildman–Crippen LogP) is -3.12. The van der Waals surface area contributed by atoms with E-state index in [4.69, 9.17) is 16.9 Å².